The molecule has 0 spiro atoms. The Hall–Kier alpha value is -0.690. The number of hydrogen-bond donors (Lipinski definition) is 2. The van der Waals surface area contributed by atoms with Crippen LogP contribution < -0.4 is 0 Å². The first-order valence-electron chi connectivity index (χ1n) is 12.3. The number of methoxy groups -OCH3 is 1. The molecule has 4 rings (SSSR count). The normalized spacial score (nSPS) is 40.8. The molecule has 0 aromatic carbocycles. The molecule has 30 heavy (non-hydrogen) atoms. The molecule has 1 amide bonds. The Labute approximate surface area is 181 Å². The number of likely N-dealkylation sites (tertiary alicyclic amines) is 1. The monoisotopic (exact) mass is 423 g/mol. The fourth-order valence-corrected chi connectivity index (χ4v) is 6.49. The molecule has 0 aromatic rings. The lowest BCUT2D eigenvalue weighted by atomic mass is 9.73. The van der Waals surface area contributed by atoms with Crippen molar-refractivity contribution in [1.82, 2.24) is 4.90 Å². The van der Waals surface area contributed by atoms with Crippen molar-refractivity contribution >= 4 is 5.91 Å². The van der Waals surface area contributed by atoms with E-state index >= 15 is 0 Å². The Morgan fingerprint density at radius 2 is 1.77 bits per heavy atom. The molecule has 172 valence electrons. The van der Waals surface area contributed by atoms with Crippen molar-refractivity contribution < 1.29 is 24.5 Å². The minimum atomic E-state index is -0.820. The van der Waals surface area contributed by atoms with Crippen LogP contribution in [0, 0.1) is 23.7 Å². The summed E-state index contributed by atoms with van der Waals surface area (Å²) in [6.07, 6.45) is 9.82. The number of carbonyl (C=O) groups excluding carboxylic acids is 1. The number of aliphatic hydroxyl groups is 2. The highest BCUT2D eigenvalue weighted by atomic mass is 16.5. The first-order chi connectivity index (χ1) is 14.5. The molecule has 6 nitrogen and oxygen atoms in total. The second-order valence-electron chi connectivity index (χ2n) is 10.4. The molecule has 7 atom stereocenters. The van der Waals surface area contributed by atoms with Gasteiger partial charge in [0.1, 0.15) is 0 Å². The standard InChI is InChI=1S/C24H41NO5/c1-29-20-8-7-18-14-25(10-9-17(18)11-20)24(28)23-21(27)12-19(26)13-22(23)30-15-16-5-3-2-4-6-16/h16-23,26-27H,2-15H2,1H3. The number of ether oxygens (including phenoxy) is 2. The zero-order valence-corrected chi connectivity index (χ0v) is 18.6. The Bertz CT molecular complexity index is 566. The molecule has 1 saturated heterocycles. The van der Waals surface area contributed by atoms with E-state index in [1.54, 1.807) is 7.11 Å². The van der Waals surface area contributed by atoms with E-state index in [0.29, 0.717) is 36.9 Å². The minimum Gasteiger partial charge on any atom is -0.393 e. The maximum absolute atomic E-state index is 13.5. The van der Waals surface area contributed by atoms with E-state index in [-0.39, 0.29) is 18.4 Å². The van der Waals surface area contributed by atoms with Crippen LogP contribution in [0.4, 0.5) is 0 Å². The lowest BCUT2D eigenvalue weighted by Gasteiger charge is -2.46. The van der Waals surface area contributed by atoms with Crippen LogP contribution in [0.1, 0.15) is 70.6 Å². The third kappa shape index (κ3) is 5.20. The molecule has 2 N–H and O–H groups in total. The van der Waals surface area contributed by atoms with Crippen molar-refractivity contribution in [2.75, 3.05) is 26.8 Å². The second kappa shape index (κ2) is 10.3. The summed E-state index contributed by atoms with van der Waals surface area (Å²) in [5.41, 5.74) is 0. The third-order valence-corrected chi connectivity index (χ3v) is 8.35. The highest BCUT2D eigenvalue weighted by Crippen LogP contribution is 2.39. The quantitative estimate of drug-likeness (QED) is 0.711. The summed E-state index contributed by atoms with van der Waals surface area (Å²) in [6, 6.07) is 0. The number of hydrogen-bond acceptors (Lipinski definition) is 5. The first-order valence-corrected chi connectivity index (χ1v) is 12.3. The SMILES string of the molecule is COC1CCC2CN(C(=O)C3C(O)CC(O)CC3OCC3CCCCC3)CCC2C1. The highest BCUT2D eigenvalue weighted by molar-refractivity contribution is 5.80. The number of nitrogens with zero attached hydrogens (tertiary/aromatic N) is 1. The molecule has 0 aromatic heterocycles. The molecule has 3 aliphatic carbocycles. The maximum atomic E-state index is 13.5. The van der Waals surface area contributed by atoms with Gasteiger partial charge in [-0.15, -0.1) is 0 Å². The smallest absolute Gasteiger partial charge is 0.230 e. The van der Waals surface area contributed by atoms with Crippen molar-refractivity contribution in [3.8, 4) is 0 Å². The summed E-state index contributed by atoms with van der Waals surface area (Å²) in [5.74, 6) is 1.24. The van der Waals surface area contributed by atoms with Crippen LogP contribution in [0.5, 0.6) is 0 Å². The van der Waals surface area contributed by atoms with E-state index in [0.717, 1.165) is 38.8 Å². The topological polar surface area (TPSA) is 79.2 Å². The Kier molecular flexibility index (Phi) is 7.71. The fraction of sp³-hybridized carbons (Fsp3) is 0.958. The minimum absolute atomic E-state index is 0.0374. The van der Waals surface area contributed by atoms with Crippen LogP contribution in [0.25, 0.3) is 0 Å². The van der Waals surface area contributed by atoms with Crippen LogP contribution in [0.2, 0.25) is 0 Å². The number of rotatable bonds is 5. The van der Waals surface area contributed by atoms with Gasteiger partial charge in [0.15, 0.2) is 0 Å². The second-order valence-corrected chi connectivity index (χ2v) is 10.4. The van der Waals surface area contributed by atoms with Gasteiger partial charge in [-0.1, -0.05) is 19.3 Å². The molecule has 1 heterocycles. The summed E-state index contributed by atoms with van der Waals surface area (Å²) in [4.78, 5) is 15.5. The van der Waals surface area contributed by atoms with E-state index < -0.39 is 18.1 Å². The largest absolute Gasteiger partial charge is 0.393 e. The maximum Gasteiger partial charge on any atom is 0.230 e. The summed E-state index contributed by atoms with van der Waals surface area (Å²) < 4.78 is 11.8. The number of aliphatic hydroxyl groups excluding tert-OH is 2. The molecular formula is C24H41NO5. The van der Waals surface area contributed by atoms with Gasteiger partial charge >= 0.3 is 0 Å². The number of piperidine rings is 1. The zero-order valence-electron chi connectivity index (χ0n) is 18.6. The van der Waals surface area contributed by atoms with Crippen LogP contribution in [-0.2, 0) is 14.3 Å². The predicted octanol–water partition coefficient (Wildman–Crippen LogP) is 2.75. The molecule has 0 radical (unpaired) electrons. The molecule has 7 unspecified atom stereocenters. The predicted molar refractivity (Wildman–Crippen MR) is 114 cm³/mol. The summed E-state index contributed by atoms with van der Waals surface area (Å²) in [5, 5.41) is 21.0. The van der Waals surface area contributed by atoms with Crippen molar-refractivity contribution in [3.63, 3.8) is 0 Å². The van der Waals surface area contributed by atoms with Crippen LogP contribution in [-0.4, -0.2) is 72.2 Å². The summed E-state index contributed by atoms with van der Waals surface area (Å²) in [7, 11) is 1.80. The molecule has 4 fully saturated rings. The Morgan fingerprint density at radius 3 is 2.53 bits per heavy atom. The summed E-state index contributed by atoms with van der Waals surface area (Å²) in [6.45, 7) is 2.20. The van der Waals surface area contributed by atoms with E-state index in [1.165, 1.54) is 32.1 Å². The van der Waals surface area contributed by atoms with E-state index in [4.69, 9.17) is 9.47 Å². The fourth-order valence-electron chi connectivity index (χ4n) is 6.49. The van der Waals surface area contributed by atoms with Crippen molar-refractivity contribution in [2.45, 2.75) is 95.0 Å². The van der Waals surface area contributed by atoms with Gasteiger partial charge in [0.05, 0.1) is 30.3 Å². The lowest BCUT2D eigenvalue weighted by molar-refractivity contribution is -0.162. The lowest BCUT2D eigenvalue weighted by Crippen LogP contribution is -2.55. The zero-order chi connectivity index (χ0) is 21.1. The van der Waals surface area contributed by atoms with Gasteiger partial charge in [-0.2, -0.15) is 0 Å². The molecule has 3 saturated carbocycles. The van der Waals surface area contributed by atoms with E-state index in [2.05, 4.69) is 0 Å². The number of fused-ring (bicyclic) bond motifs is 1. The molecular weight excluding hydrogens is 382 g/mol. The van der Waals surface area contributed by atoms with Gasteiger partial charge in [-0.3, -0.25) is 4.79 Å². The van der Waals surface area contributed by atoms with Gasteiger partial charge in [0.2, 0.25) is 5.91 Å². The average molecular weight is 424 g/mol. The van der Waals surface area contributed by atoms with Gasteiger partial charge in [-0.25, -0.2) is 0 Å². The van der Waals surface area contributed by atoms with Crippen LogP contribution in [0.15, 0.2) is 0 Å². The number of carbonyl (C=O) groups is 1. The summed E-state index contributed by atoms with van der Waals surface area (Å²) >= 11 is 0. The van der Waals surface area contributed by atoms with E-state index in [1.807, 2.05) is 4.90 Å². The first kappa shape index (κ1) is 22.5. The Balaban J connectivity index is 1.37. The van der Waals surface area contributed by atoms with Gasteiger partial charge in [0, 0.05) is 39.6 Å². The van der Waals surface area contributed by atoms with Crippen molar-refractivity contribution in [1.29, 1.82) is 0 Å². The molecule has 4 aliphatic rings. The molecule has 6 heteroatoms. The molecule has 1 aliphatic heterocycles. The third-order valence-electron chi connectivity index (χ3n) is 8.35. The van der Waals surface area contributed by atoms with Crippen molar-refractivity contribution in [2.24, 2.45) is 23.7 Å². The molecule has 0 bridgehead atoms. The van der Waals surface area contributed by atoms with Crippen molar-refractivity contribution in [3.05, 3.63) is 0 Å². The van der Waals surface area contributed by atoms with Crippen LogP contribution >= 0.6 is 0 Å². The van der Waals surface area contributed by atoms with Crippen LogP contribution in [0.3, 0.4) is 0 Å². The average Bonchev–Trinajstić information content (AvgIpc) is 2.77. The highest BCUT2D eigenvalue weighted by Gasteiger charge is 2.45. The van der Waals surface area contributed by atoms with Gasteiger partial charge in [0.25, 0.3) is 0 Å². The van der Waals surface area contributed by atoms with Gasteiger partial charge < -0.3 is 24.6 Å². The number of amides is 1. The Morgan fingerprint density at radius 1 is 0.967 bits per heavy atom. The van der Waals surface area contributed by atoms with Gasteiger partial charge in [-0.05, 0) is 56.3 Å². The van der Waals surface area contributed by atoms with E-state index in [9.17, 15) is 15.0 Å².